The summed E-state index contributed by atoms with van der Waals surface area (Å²) in [4.78, 5) is 30.6. The van der Waals surface area contributed by atoms with Gasteiger partial charge in [-0.25, -0.2) is 4.98 Å². The van der Waals surface area contributed by atoms with Gasteiger partial charge in [0.2, 0.25) is 5.91 Å². The van der Waals surface area contributed by atoms with Gasteiger partial charge in [0.15, 0.2) is 0 Å². The van der Waals surface area contributed by atoms with E-state index in [4.69, 9.17) is 0 Å². The summed E-state index contributed by atoms with van der Waals surface area (Å²) >= 11 is 4.28. The molecule has 0 unspecified atom stereocenters. The van der Waals surface area contributed by atoms with Crippen LogP contribution in [0, 0.1) is 13.8 Å². The summed E-state index contributed by atoms with van der Waals surface area (Å²) in [5, 5.41) is 2.97. The summed E-state index contributed by atoms with van der Waals surface area (Å²) in [6.07, 6.45) is -3.23. The third-order valence-electron chi connectivity index (χ3n) is 4.29. The minimum absolute atomic E-state index is 0.0331. The third kappa shape index (κ3) is 4.12. The zero-order valence-electron chi connectivity index (χ0n) is 14.9. The Morgan fingerprint density at radius 2 is 2.04 bits per heavy atom. The highest BCUT2D eigenvalue weighted by molar-refractivity contribution is 9.10. The van der Waals surface area contributed by atoms with Crippen molar-refractivity contribution in [1.82, 2.24) is 9.55 Å². The average molecular weight is 474 g/mol. The SMILES string of the molecule is Cc1sc2ncn(CCC(=O)Nc3ccc(Br)c(C(F)(F)F)c3)c(=O)c2c1C. The maximum atomic E-state index is 13.0. The number of carbonyl (C=O) groups excluding carboxylic acids is 1. The number of halogens is 4. The molecule has 2 aromatic heterocycles. The fourth-order valence-electron chi connectivity index (χ4n) is 2.70. The number of hydrogen-bond acceptors (Lipinski definition) is 4. The summed E-state index contributed by atoms with van der Waals surface area (Å²) in [5.41, 5.74) is -0.210. The highest BCUT2D eigenvalue weighted by Crippen LogP contribution is 2.36. The lowest BCUT2D eigenvalue weighted by atomic mass is 10.2. The zero-order chi connectivity index (χ0) is 20.6. The predicted molar refractivity (Wildman–Crippen MR) is 106 cm³/mol. The van der Waals surface area contributed by atoms with Crippen LogP contribution in [0.25, 0.3) is 10.2 Å². The number of hydrogen-bond donors (Lipinski definition) is 1. The number of nitrogens with one attached hydrogen (secondary N) is 1. The Morgan fingerprint density at radius 3 is 2.71 bits per heavy atom. The Hall–Kier alpha value is -2.20. The van der Waals surface area contributed by atoms with Crippen LogP contribution in [0.2, 0.25) is 0 Å². The van der Waals surface area contributed by atoms with Gasteiger partial charge in [-0.3, -0.25) is 14.2 Å². The van der Waals surface area contributed by atoms with Crippen molar-refractivity contribution >= 4 is 49.1 Å². The van der Waals surface area contributed by atoms with E-state index in [2.05, 4.69) is 26.2 Å². The molecule has 0 spiro atoms. The molecule has 10 heteroatoms. The third-order valence-corrected chi connectivity index (χ3v) is 6.10. The summed E-state index contributed by atoms with van der Waals surface area (Å²) in [5.74, 6) is -0.499. The number of benzene rings is 1. The molecule has 0 aliphatic rings. The van der Waals surface area contributed by atoms with Gasteiger partial charge in [0.05, 0.1) is 17.3 Å². The molecule has 0 fully saturated rings. The molecule has 0 saturated carbocycles. The second-order valence-corrected chi connectivity index (χ2v) is 8.25. The Kier molecular flexibility index (Phi) is 5.62. The smallest absolute Gasteiger partial charge is 0.326 e. The monoisotopic (exact) mass is 473 g/mol. The van der Waals surface area contributed by atoms with Crippen molar-refractivity contribution in [1.29, 1.82) is 0 Å². The van der Waals surface area contributed by atoms with E-state index >= 15 is 0 Å². The predicted octanol–water partition coefficient (Wildman–Crippen LogP) is 4.88. The van der Waals surface area contributed by atoms with Crippen LogP contribution in [-0.4, -0.2) is 15.5 Å². The van der Waals surface area contributed by atoms with Crippen molar-refractivity contribution in [3.63, 3.8) is 0 Å². The highest BCUT2D eigenvalue weighted by atomic mass is 79.9. The number of aryl methyl sites for hydroxylation is 3. The minimum Gasteiger partial charge on any atom is -0.326 e. The molecule has 0 saturated heterocycles. The van der Waals surface area contributed by atoms with Crippen molar-refractivity contribution in [2.24, 2.45) is 0 Å². The van der Waals surface area contributed by atoms with Gasteiger partial charge in [0.25, 0.3) is 5.56 Å². The van der Waals surface area contributed by atoms with Crippen LogP contribution in [0.5, 0.6) is 0 Å². The normalized spacial score (nSPS) is 11.8. The Bertz CT molecular complexity index is 1120. The first-order valence-corrected chi connectivity index (χ1v) is 9.80. The quantitative estimate of drug-likeness (QED) is 0.586. The van der Waals surface area contributed by atoms with Crippen LogP contribution in [0.1, 0.15) is 22.4 Å². The Labute approximate surface area is 170 Å². The molecule has 1 N–H and O–H groups in total. The van der Waals surface area contributed by atoms with E-state index < -0.39 is 17.6 Å². The molecule has 1 aromatic carbocycles. The van der Waals surface area contributed by atoms with Gasteiger partial charge in [0.1, 0.15) is 4.83 Å². The lowest BCUT2D eigenvalue weighted by molar-refractivity contribution is -0.138. The molecule has 3 aromatic rings. The molecule has 28 heavy (non-hydrogen) atoms. The van der Waals surface area contributed by atoms with Crippen molar-refractivity contribution in [2.45, 2.75) is 33.0 Å². The fourth-order valence-corrected chi connectivity index (χ4v) is 4.15. The summed E-state index contributed by atoms with van der Waals surface area (Å²) in [7, 11) is 0. The molecule has 148 valence electrons. The van der Waals surface area contributed by atoms with E-state index in [0.29, 0.717) is 10.2 Å². The second kappa shape index (κ2) is 7.67. The van der Waals surface area contributed by atoms with Gasteiger partial charge in [-0.2, -0.15) is 13.2 Å². The Balaban J connectivity index is 1.73. The van der Waals surface area contributed by atoms with Gasteiger partial charge in [-0.05, 0) is 37.6 Å². The van der Waals surface area contributed by atoms with Crippen molar-refractivity contribution in [2.75, 3.05) is 5.32 Å². The topological polar surface area (TPSA) is 64.0 Å². The maximum Gasteiger partial charge on any atom is 0.417 e. The van der Waals surface area contributed by atoms with E-state index in [-0.39, 0.29) is 28.7 Å². The minimum atomic E-state index is -4.54. The van der Waals surface area contributed by atoms with Gasteiger partial charge >= 0.3 is 6.18 Å². The molecule has 0 radical (unpaired) electrons. The standard InChI is InChI=1S/C18H15BrF3N3O2S/c1-9-10(2)28-16-15(9)17(27)25(8-23-16)6-5-14(26)24-11-3-4-13(19)12(7-11)18(20,21)22/h3-4,7-8H,5-6H2,1-2H3,(H,24,26). The molecule has 0 bridgehead atoms. The van der Waals surface area contributed by atoms with Gasteiger partial charge < -0.3 is 5.32 Å². The zero-order valence-corrected chi connectivity index (χ0v) is 17.3. The van der Waals surface area contributed by atoms with Crippen LogP contribution >= 0.6 is 27.3 Å². The molecule has 0 aliphatic heterocycles. The van der Waals surface area contributed by atoms with E-state index in [1.165, 1.54) is 34.4 Å². The van der Waals surface area contributed by atoms with Gasteiger partial charge in [-0.1, -0.05) is 15.9 Å². The molecule has 5 nitrogen and oxygen atoms in total. The van der Waals surface area contributed by atoms with Gasteiger partial charge in [0, 0.05) is 28.0 Å². The lowest BCUT2D eigenvalue weighted by Crippen LogP contribution is -2.23. The van der Waals surface area contributed by atoms with Crippen LogP contribution in [0.3, 0.4) is 0 Å². The van der Waals surface area contributed by atoms with Crippen LogP contribution in [0.4, 0.5) is 18.9 Å². The summed E-state index contributed by atoms with van der Waals surface area (Å²) in [6.45, 7) is 3.83. The first-order valence-electron chi connectivity index (χ1n) is 8.19. The van der Waals surface area contributed by atoms with Crippen LogP contribution < -0.4 is 10.9 Å². The number of fused-ring (bicyclic) bond motifs is 1. The fraction of sp³-hybridized carbons (Fsp3) is 0.278. The van der Waals surface area contributed by atoms with Crippen LogP contribution in [0.15, 0.2) is 33.8 Å². The average Bonchev–Trinajstić information content (AvgIpc) is 2.90. The van der Waals surface area contributed by atoms with E-state index in [1.807, 2.05) is 13.8 Å². The molecular formula is C18H15BrF3N3O2S. The van der Waals surface area contributed by atoms with Crippen LogP contribution in [-0.2, 0) is 17.5 Å². The number of amides is 1. The lowest BCUT2D eigenvalue weighted by Gasteiger charge is -2.12. The van der Waals surface area contributed by atoms with Crippen molar-refractivity contribution < 1.29 is 18.0 Å². The number of alkyl halides is 3. The number of carbonyl (C=O) groups is 1. The first kappa shape index (κ1) is 20.5. The van der Waals surface area contributed by atoms with E-state index in [0.717, 1.165) is 16.5 Å². The molecule has 0 aliphatic carbocycles. The number of thiophene rings is 1. The molecule has 2 heterocycles. The number of rotatable bonds is 4. The van der Waals surface area contributed by atoms with Gasteiger partial charge in [-0.15, -0.1) is 11.3 Å². The summed E-state index contributed by atoms with van der Waals surface area (Å²) in [6, 6.07) is 3.45. The molecular weight excluding hydrogens is 459 g/mol. The summed E-state index contributed by atoms with van der Waals surface area (Å²) < 4.78 is 40.1. The van der Waals surface area contributed by atoms with Crippen molar-refractivity contribution in [3.8, 4) is 0 Å². The van der Waals surface area contributed by atoms with E-state index in [9.17, 15) is 22.8 Å². The number of aromatic nitrogens is 2. The molecule has 1 amide bonds. The highest BCUT2D eigenvalue weighted by Gasteiger charge is 2.33. The molecule has 3 rings (SSSR count). The second-order valence-electron chi connectivity index (χ2n) is 6.20. The van der Waals surface area contributed by atoms with Crippen molar-refractivity contribution in [3.05, 3.63) is 55.4 Å². The molecule has 0 atom stereocenters. The number of nitrogens with zero attached hydrogens (tertiary/aromatic N) is 2. The van der Waals surface area contributed by atoms with E-state index in [1.54, 1.807) is 0 Å². The Morgan fingerprint density at radius 1 is 1.32 bits per heavy atom. The largest absolute Gasteiger partial charge is 0.417 e. The number of anilines is 1. The maximum absolute atomic E-state index is 13.0. The first-order chi connectivity index (χ1) is 13.1.